The van der Waals surface area contributed by atoms with Crippen molar-refractivity contribution < 1.29 is 14.3 Å². The molecule has 0 spiro atoms. The number of halogens is 1. The monoisotopic (exact) mass is 177 g/mol. The number of hydrogen-bond donors (Lipinski definition) is 0. The summed E-state index contributed by atoms with van der Waals surface area (Å²) in [7, 11) is 0. The van der Waals surface area contributed by atoms with E-state index in [1.165, 1.54) is 4.90 Å². The van der Waals surface area contributed by atoms with Crippen LogP contribution in [0, 0.1) is 0 Å². The minimum atomic E-state index is -0.924. The first-order valence-corrected chi connectivity index (χ1v) is 3.66. The normalized spacial score (nSPS) is 18.1. The Bertz CT molecular complexity index is 177. The van der Waals surface area contributed by atoms with E-state index < -0.39 is 11.1 Å². The van der Waals surface area contributed by atoms with Crippen LogP contribution in [0.15, 0.2) is 0 Å². The fourth-order valence-electron chi connectivity index (χ4n) is 0.891. The Morgan fingerprint density at radius 1 is 1.27 bits per heavy atom. The molecule has 0 aromatic heterocycles. The van der Waals surface area contributed by atoms with Crippen LogP contribution < -0.4 is 0 Å². The van der Waals surface area contributed by atoms with Crippen LogP contribution >= 0.6 is 11.6 Å². The summed E-state index contributed by atoms with van der Waals surface area (Å²) in [4.78, 5) is 22.7. The summed E-state index contributed by atoms with van der Waals surface area (Å²) in [5.41, 5.74) is 0. The van der Waals surface area contributed by atoms with Gasteiger partial charge in [0.25, 0.3) is 0 Å². The van der Waals surface area contributed by atoms with Crippen molar-refractivity contribution in [1.29, 1.82) is 0 Å². The highest BCUT2D eigenvalue weighted by Crippen LogP contribution is 1.99. The average molecular weight is 178 g/mol. The molecule has 0 bridgehead atoms. The summed E-state index contributed by atoms with van der Waals surface area (Å²) in [5.74, 6) is -0.630. The van der Waals surface area contributed by atoms with Gasteiger partial charge in [0.15, 0.2) is 0 Å². The largest absolute Gasteiger partial charge is 0.378 e. The lowest BCUT2D eigenvalue weighted by Gasteiger charge is -2.24. The van der Waals surface area contributed by atoms with Gasteiger partial charge in [0.2, 0.25) is 0 Å². The van der Waals surface area contributed by atoms with E-state index in [4.69, 9.17) is 16.3 Å². The highest BCUT2D eigenvalue weighted by Gasteiger charge is 2.21. The number of carbonyl (C=O) groups excluding carboxylic acids is 2. The van der Waals surface area contributed by atoms with Gasteiger partial charge in [-0.3, -0.25) is 9.59 Å². The van der Waals surface area contributed by atoms with Crippen molar-refractivity contribution in [3.63, 3.8) is 0 Å². The second kappa shape index (κ2) is 3.69. The Balaban J connectivity index is 2.45. The molecule has 4 nitrogen and oxygen atoms in total. The predicted octanol–water partition coefficient (Wildman–Crippen LogP) is -0.389. The Morgan fingerprint density at radius 3 is 2.27 bits per heavy atom. The van der Waals surface area contributed by atoms with Crippen molar-refractivity contribution in [1.82, 2.24) is 4.90 Å². The first-order chi connectivity index (χ1) is 5.22. The Morgan fingerprint density at radius 2 is 1.82 bits per heavy atom. The Kier molecular flexibility index (Phi) is 2.84. The molecule has 0 saturated carbocycles. The topological polar surface area (TPSA) is 46.6 Å². The van der Waals surface area contributed by atoms with Gasteiger partial charge in [0.1, 0.15) is 0 Å². The molecular formula is C6H8ClNO3. The predicted molar refractivity (Wildman–Crippen MR) is 38.3 cm³/mol. The zero-order chi connectivity index (χ0) is 8.27. The molecule has 0 aromatic rings. The smallest absolute Gasteiger partial charge is 0.310 e. The first-order valence-electron chi connectivity index (χ1n) is 3.28. The summed E-state index contributed by atoms with van der Waals surface area (Å²) < 4.78 is 4.98. The van der Waals surface area contributed by atoms with Crippen molar-refractivity contribution in [3.8, 4) is 0 Å². The Labute approximate surface area is 69.1 Å². The molecule has 0 atom stereocenters. The highest BCUT2D eigenvalue weighted by molar-refractivity contribution is 6.80. The molecular weight excluding hydrogens is 170 g/mol. The van der Waals surface area contributed by atoms with E-state index in [0.29, 0.717) is 26.3 Å². The molecule has 0 N–H and O–H groups in total. The molecule has 0 aromatic carbocycles. The molecule has 11 heavy (non-hydrogen) atoms. The maximum Gasteiger partial charge on any atom is 0.310 e. The quantitative estimate of drug-likeness (QED) is 0.405. The van der Waals surface area contributed by atoms with E-state index in [0.717, 1.165) is 0 Å². The number of rotatable bonds is 1. The minimum Gasteiger partial charge on any atom is -0.378 e. The van der Waals surface area contributed by atoms with Crippen molar-refractivity contribution in [3.05, 3.63) is 0 Å². The van der Waals surface area contributed by atoms with Crippen LogP contribution in [0.4, 0.5) is 0 Å². The van der Waals surface area contributed by atoms with Gasteiger partial charge in [-0.1, -0.05) is 0 Å². The second-order valence-corrected chi connectivity index (χ2v) is 2.52. The van der Waals surface area contributed by atoms with Crippen LogP contribution in [0.1, 0.15) is 0 Å². The third-order valence-electron chi connectivity index (χ3n) is 1.47. The molecule has 0 unspecified atom stereocenters. The van der Waals surface area contributed by atoms with Gasteiger partial charge in [0, 0.05) is 13.1 Å². The number of morpholine rings is 1. The van der Waals surface area contributed by atoms with Gasteiger partial charge in [-0.05, 0) is 11.6 Å². The number of amides is 1. The molecule has 1 saturated heterocycles. The van der Waals surface area contributed by atoms with E-state index in [1.54, 1.807) is 0 Å². The van der Waals surface area contributed by atoms with E-state index in [9.17, 15) is 9.59 Å². The summed E-state index contributed by atoms with van der Waals surface area (Å²) in [5, 5.41) is -0.924. The fourth-order valence-corrected chi connectivity index (χ4v) is 1.01. The molecule has 1 aliphatic rings. The van der Waals surface area contributed by atoms with Gasteiger partial charge in [-0.2, -0.15) is 0 Å². The summed E-state index contributed by atoms with van der Waals surface area (Å²) in [6.45, 7) is 1.88. The molecule has 0 aliphatic carbocycles. The van der Waals surface area contributed by atoms with Crippen LogP contribution in [0.5, 0.6) is 0 Å². The number of hydrogen-bond acceptors (Lipinski definition) is 3. The molecule has 1 rings (SSSR count). The summed E-state index contributed by atoms with van der Waals surface area (Å²) >= 11 is 4.99. The molecule has 1 heterocycles. The minimum absolute atomic E-state index is 0.456. The van der Waals surface area contributed by atoms with Crippen molar-refractivity contribution in [2.75, 3.05) is 26.3 Å². The molecule has 62 valence electrons. The van der Waals surface area contributed by atoms with Gasteiger partial charge in [-0.15, -0.1) is 0 Å². The zero-order valence-electron chi connectivity index (χ0n) is 5.88. The maximum absolute atomic E-state index is 10.9. The lowest BCUT2D eigenvalue weighted by Crippen LogP contribution is -2.42. The van der Waals surface area contributed by atoms with E-state index in [1.807, 2.05) is 0 Å². The standard InChI is InChI=1S/C6H8ClNO3/c7-5(9)6(10)8-1-3-11-4-2-8/h1-4H2. The van der Waals surface area contributed by atoms with Crippen LogP contribution in [0.2, 0.25) is 0 Å². The summed E-state index contributed by atoms with van der Waals surface area (Å²) in [6, 6.07) is 0. The van der Waals surface area contributed by atoms with Crippen LogP contribution in [0.3, 0.4) is 0 Å². The zero-order valence-corrected chi connectivity index (χ0v) is 6.63. The van der Waals surface area contributed by atoms with E-state index >= 15 is 0 Å². The van der Waals surface area contributed by atoms with Crippen molar-refractivity contribution in [2.24, 2.45) is 0 Å². The average Bonchev–Trinajstić information content (AvgIpc) is 2.05. The van der Waals surface area contributed by atoms with Crippen LogP contribution in [-0.2, 0) is 14.3 Å². The second-order valence-electron chi connectivity index (χ2n) is 2.18. The lowest BCUT2D eigenvalue weighted by molar-refractivity contribution is -0.143. The molecule has 5 heteroatoms. The van der Waals surface area contributed by atoms with Crippen molar-refractivity contribution >= 4 is 22.8 Å². The third kappa shape index (κ3) is 2.17. The highest BCUT2D eigenvalue weighted by atomic mass is 35.5. The summed E-state index contributed by atoms with van der Waals surface area (Å²) in [6.07, 6.45) is 0. The van der Waals surface area contributed by atoms with Crippen molar-refractivity contribution in [2.45, 2.75) is 0 Å². The molecule has 1 amide bonds. The van der Waals surface area contributed by atoms with Gasteiger partial charge in [0.05, 0.1) is 13.2 Å². The number of ether oxygens (including phenoxy) is 1. The van der Waals surface area contributed by atoms with Crippen LogP contribution in [-0.4, -0.2) is 42.4 Å². The number of nitrogens with zero attached hydrogens (tertiary/aromatic N) is 1. The van der Waals surface area contributed by atoms with E-state index in [-0.39, 0.29) is 0 Å². The fraction of sp³-hybridized carbons (Fsp3) is 0.667. The van der Waals surface area contributed by atoms with E-state index in [2.05, 4.69) is 0 Å². The third-order valence-corrected chi connectivity index (χ3v) is 1.63. The van der Waals surface area contributed by atoms with Gasteiger partial charge >= 0.3 is 11.1 Å². The SMILES string of the molecule is O=C(Cl)C(=O)N1CCOCC1. The number of carbonyl (C=O) groups is 2. The van der Waals surface area contributed by atoms with Gasteiger partial charge in [-0.25, -0.2) is 0 Å². The molecule has 1 fully saturated rings. The first kappa shape index (κ1) is 8.49. The van der Waals surface area contributed by atoms with Gasteiger partial charge < -0.3 is 9.64 Å². The lowest BCUT2D eigenvalue weighted by atomic mass is 10.4. The maximum atomic E-state index is 10.9. The molecule has 1 aliphatic heterocycles. The molecule has 0 radical (unpaired) electrons. The Hall–Kier alpha value is -0.610. The van der Waals surface area contributed by atoms with Crippen LogP contribution in [0.25, 0.3) is 0 Å².